The topological polar surface area (TPSA) is 111 Å². The number of urea groups is 1. The number of anilines is 2. The van der Waals surface area contributed by atoms with Gasteiger partial charge >= 0.3 is 29.6 Å². The number of ether oxygens (including phenoxy) is 1. The minimum absolute atomic E-state index is 0. The fraction of sp³-hybridized carbons (Fsp3) is 0.565. The number of nitrogens with zero attached hydrogens (tertiary/aromatic N) is 5. The smallest absolute Gasteiger partial charge is 0.423 e. The molecule has 0 spiro atoms. The van der Waals surface area contributed by atoms with Gasteiger partial charge in [-0.2, -0.15) is 5.10 Å². The molecule has 1 aliphatic heterocycles. The third-order valence-electron chi connectivity index (χ3n) is 6.88. The van der Waals surface area contributed by atoms with E-state index in [2.05, 4.69) is 26.1 Å². The molecular formula is C23H31N6NaO4S. The first-order chi connectivity index (χ1) is 16.4. The van der Waals surface area contributed by atoms with E-state index in [0.717, 1.165) is 72.7 Å². The number of carbonyl (C=O) groups excluding carboxylic acids is 1. The van der Waals surface area contributed by atoms with Gasteiger partial charge in [-0.25, -0.2) is 8.42 Å². The van der Waals surface area contributed by atoms with E-state index in [4.69, 9.17) is 4.74 Å². The van der Waals surface area contributed by atoms with Crippen molar-refractivity contribution in [3.63, 3.8) is 0 Å². The maximum atomic E-state index is 13.3. The summed E-state index contributed by atoms with van der Waals surface area (Å²) in [6, 6.07) is 1.42. The molecule has 2 heterocycles. The predicted octanol–water partition coefficient (Wildman–Crippen LogP) is -0.609. The van der Waals surface area contributed by atoms with Gasteiger partial charge in [-0.05, 0) is 66.5 Å². The van der Waals surface area contributed by atoms with E-state index in [1.54, 1.807) is 13.2 Å². The summed E-state index contributed by atoms with van der Waals surface area (Å²) in [4.78, 5) is 15.1. The molecule has 12 heteroatoms. The Kier molecular flexibility index (Phi) is 8.45. The van der Waals surface area contributed by atoms with Gasteiger partial charge in [-0.15, -0.1) is 0 Å². The number of hydrogen-bond acceptors (Lipinski definition) is 6. The largest absolute Gasteiger partial charge is 1.00 e. The van der Waals surface area contributed by atoms with E-state index in [-0.39, 0.29) is 36.1 Å². The average Bonchev–Trinajstić information content (AvgIpc) is 3.55. The van der Waals surface area contributed by atoms with Gasteiger partial charge in [0.2, 0.25) is 0 Å². The van der Waals surface area contributed by atoms with Crippen molar-refractivity contribution in [1.29, 1.82) is 0 Å². The molecule has 2 aliphatic carbocycles. The van der Waals surface area contributed by atoms with Crippen LogP contribution in [0.1, 0.15) is 35.1 Å². The Morgan fingerprint density at radius 1 is 1.14 bits per heavy atom. The number of fused-ring (bicyclic) bond motifs is 2. The number of carbonyl (C=O) groups is 1. The molecule has 0 atom stereocenters. The van der Waals surface area contributed by atoms with Crippen LogP contribution < -0.4 is 39.2 Å². The van der Waals surface area contributed by atoms with Crippen molar-refractivity contribution in [2.24, 2.45) is 7.05 Å². The van der Waals surface area contributed by atoms with Crippen LogP contribution in [0.5, 0.6) is 0 Å². The number of nitrogens with one attached hydrogen (secondary N) is 1. The fourth-order valence-corrected chi connectivity index (χ4v) is 6.25. The van der Waals surface area contributed by atoms with Gasteiger partial charge in [0, 0.05) is 39.4 Å². The molecule has 2 amide bonds. The van der Waals surface area contributed by atoms with Crippen LogP contribution in [-0.4, -0.2) is 68.5 Å². The van der Waals surface area contributed by atoms with Crippen LogP contribution in [0.2, 0.25) is 0 Å². The van der Waals surface area contributed by atoms with Gasteiger partial charge < -0.3 is 14.8 Å². The second-order valence-corrected chi connectivity index (χ2v) is 10.7. The number of rotatable bonds is 7. The molecule has 1 aromatic heterocycles. The molecule has 5 rings (SSSR count). The van der Waals surface area contributed by atoms with Crippen LogP contribution in [-0.2, 0) is 47.7 Å². The maximum absolute atomic E-state index is 13.3. The van der Waals surface area contributed by atoms with Crippen LogP contribution in [0.3, 0.4) is 0 Å². The van der Waals surface area contributed by atoms with Crippen molar-refractivity contribution in [2.75, 3.05) is 49.0 Å². The van der Waals surface area contributed by atoms with Crippen molar-refractivity contribution in [3.05, 3.63) is 45.4 Å². The SMILES string of the molecule is Cn1cc(N(CCN2CCOCC2)S(=O)(=O)[N-]C(=O)Nc2c3c(cc4c2CCC4)CCC3)cn1.[Na+]. The number of morpholine rings is 1. The quantitative estimate of drug-likeness (QED) is 0.498. The molecule has 1 fully saturated rings. The van der Waals surface area contributed by atoms with Crippen molar-refractivity contribution >= 4 is 27.6 Å². The van der Waals surface area contributed by atoms with E-state index >= 15 is 0 Å². The molecule has 1 N–H and O–H groups in total. The van der Waals surface area contributed by atoms with E-state index in [0.29, 0.717) is 25.4 Å². The zero-order chi connectivity index (χ0) is 23.7. The van der Waals surface area contributed by atoms with Crippen molar-refractivity contribution in [2.45, 2.75) is 38.5 Å². The third kappa shape index (κ3) is 5.86. The minimum atomic E-state index is -4.28. The van der Waals surface area contributed by atoms with Crippen LogP contribution in [0, 0.1) is 0 Å². The standard InChI is InChI=1S/C23H32N6O4S.Na/c1-27-16-19(15-24-27)29(9-8-28-10-12-33-13-11-28)34(31,32)26-23(30)25-22-20-6-2-4-17(20)14-18-5-3-7-21(18)22;/h14-16H,2-13H2,1H3,(H2,25,26,30);/q;+1/p-1. The van der Waals surface area contributed by atoms with Crippen LogP contribution in [0.4, 0.5) is 16.2 Å². The first-order valence-corrected chi connectivity index (χ1v) is 13.3. The third-order valence-corrected chi connectivity index (χ3v) is 8.23. The van der Waals surface area contributed by atoms with Crippen LogP contribution in [0.15, 0.2) is 18.5 Å². The van der Waals surface area contributed by atoms with Gasteiger partial charge in [-0.1, -0.05) is 6.07 Å². The molecule has 0 unspecified atom stereocenters. The summed E-state index contributed by atoms with van der Waals surface area (Å²) in [7, 11) is -2.56. The Hall–Kier alpha value is -1.63. The molecule has 0 saturated carbocycles. The molecule has 1 aromatic carbocycles. The second kappa shape index (κ2) is 11.2. The number of aryl methyl sites for hydroxylation is 3. The molecule has 184 valence electrons. The molecule has 1 saturated heterocycles. The average molecular weight is 511 g/mol. The van der Waals surface area contributed by atoms with Crippen molar-refractivity contribution in [1.82, 2.24) is 14.7 Å². The summed E-state index contributed by atoms with van der Waals surface area (Å²) >= 11 is 0. The summed E-state index contributed by atoms with van der Waals surface area (Å²) in [5.74, 6) is 0. The minimum Gasteiger partial charge on any atom is -0.423 e. The van der Waals surface area contributed by atoms with E-state index in [1.807, 2.05) is 0 Å². The molecule has 0 bridgehead atoms. The molecule has 35 heavy (non-hydrogen) atoms. The summed E-state index contributed by atoms with van der Waals surface area (Å²) in [5.41, 5.74) is 5.97. The molecule has 10 nitrogen and oxygen atoms in total. The first-order valence-electron chi connectivity index (χ1n) is 11.9. The molecule has 0 radical (unpaired) electrons. The monoisotopic (exact) mass is 510 g/mol. The molecular weight excluding hydrogens is 479 g/mol. The Morgan fingerprint density at radius 3 is 2.40 bits per heavy atom. The van der Waals surface area contributed by atoms with Gasteiger partial charge in [0.1, 0.15) is 0 Å². The van der Waals surface area contributed by atoms with Crippen LogP contribution in [0.25, 0.3) is 4.72 Å². The summed E-state index contributed by atoms with van der Waals surface area (Å²) < 4.78 is 38.3. The normalized spacial score (nSPS) is 17.4. The summed E-state index contributed by atoms with van der Waals surface area (Å²) in [5, 5.41) is 6.96. The number of benzene rings is 1. The number of amides is 2. The zero-order valence-corrected chi connectivity index (χ0v) is 23.3. The van der Waals surface area contributed by atoms with Gasteiger partial charge in [0.25, 0.3) is 10.2 Å². The first kappa shape index (κ1) is 26.4. The van der Waals surface area contributed by atoms with E-state index in [1.165, 1.54) is 22.0 Å². The van der Waals surface area contributed by atoms with Gasteiger partial charge in [0.05, 0.1) is 25.1 Å². The maximum Gasteiger partial charge on any atom is 1.00 e. The van der Waals surface area contributed by atoms with E-state index in [9.17, 15) is 13.2 Å². The predicted molar refractivity (Wildman–Crippen MR) is 130 cm³/mol. The Labute approximate surface area is 228 Å². The fourth-order valence-electron chi connectivity index (χ4n) is 5.22. The van der Waals surface area contributed by atoms with Crippen molar-refractivity contribution in [3.8, 4) is 0 Å². The summed E-state index contributed by atoms with van der Waals surface area (Å²) in [6.45, 7) is 3.40. The summed E-state index contributed by atoms with van der Waals surface area (Å²) in [6.07, 6.45) is 8.97. The number of hydrogen-bond donors (Lipinski definition) is 1. The second-order valence-electron chi connectivity index (χ2n) is 9.13. The Morgan fingerprint density at radius 2 is 1.80 bits per heavy atom. The zero-order valence-electron chi connectivity index (χ0n) is 20.5. The number of aromatic nitrogens is 2. The van der Waals surface area contributed by atoms with Gasteiger partial charge in [-0.3, -0.25) is 18.7 Å². The van der Waals surface area contributed by atoms with Crippen LogP contribution >= 0.6 is 0 Å². The Balaban J connectivity index is 0.00000289. The van der Waals surface area contributed by atoms with E-state index < -0.39 is 16.2 Å². The van der Waals surface area contributed by atoms with Crippen molar-refractivity contribution < 1.29 is 47.5 Å². The molecule has 3 aliphatic rings. The van der Waals surface area contributed by atoms with Gasteiger partial charge in [0.15, 0.2) is 6.03 Å². The molecule has 2 aromatic rings. The Bertz CT molecular complexity index is 1150.